The maximum atomic E-state index is 12.1. The summed E-state index contributed by atoms with van der Waals surface area (Å²) in [4.78, 5) is 21.8. The number of nitrogens with one attached hydrogen (secondary N) is 1. The maximum absolute atomic E-state index is 12.1. The molecule has 7 heteroatoms. The first-order chi connectivity index (χ1) is 10.8. The Labute approximate surface area is 140 Å². The lowest BCUT2D eigenvalue weighted by Gasteiger charge is -2.02. The first-order valence-corrected chi connectivity index (χ1v) is 9.39. The summed E-state index contributed by atoms with van der Waals surface area (Å²) in [6, 6.07) is 9.79. The number of pyridine rings is 1. The summed E-state index contributed by atoms with van der Waals surface area (Å²) in [5.41, 5.74) is 0.483. The molecule has 0 aliphatic carbocycles. The summed E-state index contributed by atoms with van der Waals surface area (Å²) >= 11 is 4.74. The predicted octanol–water partition coefficient (Wildman–Crippen LogP) is 3.79. The van der Waals surface area contributed by atoms with Crippen LogP contribution in [0.4, 0.5) is 0 Å². The van der Waals surface area contributed by atoms with Gasteiger partial charge in [-0.2, -0.15) is 0 Å². The molecule has 0 radical (unpaired) electrons. The molecule has 1 N–H and O–H groups in total. The van der Waals surface area contributed by atoms with Crippen LogP contribution in [0.2, 0.25) is 0 Å². The van der Waals surface area contributed by atoms with Gasteiger partial charge in [-0.25, -0.2) is 9.97 Å². The topological polar surface area (TPSA) is 54.9 Å². The monoisotopic (exact) mass is 347 g/mol. The van der Waals surface area contributed by atoms with Crippen molar-refractivity contribution in [2.24, 2.45) is 0 Å². The van der Waals surface area contributed by atoms with Crippen molar-refractivity contribution < 1.29 is 4.79 Å². The normalized spacial score (nSPS) is 10.5. The van der Waals surface area contributed by atoms with Crippen molar-refractivity contribution in [3.63, 3.8) is 0 Å². The maximum Gasteiger partial charge on any atom is 0.270 e. The average Bonchev–Trinajstić information content (AvgIpc) is 3.22. The Bertz CT molecular complexity index is 726. The van der Waals surface area contributed by atoms with E-state index in [9.17, 15) is 4.79 Å². The molecule has 1 amide bonds. The van der Waals surface area contributed by atoms with Crippen molar-refractivity contribution in [2.75, 3.05) is 12.3 Å². The molecular formula is C15H13N3OS3. The van der Waals surface area contributed by atoms with Crippen molar-refractivity contribution >= 4 is 40.3 Å². The largest absolute Gasteiger partial charge is 0.350 e. The van der Waals surface area contributed by atoms with Gasteiger partial charge in [0.15, 0.2) is 0 Å². The molecule has 4 nitrogen and oxygen atoms in total. The summed E-state index contributed by atoms with van der Waals surface area (Å²) in [6.45, 7) is 0.589. The van der Waals surface area contributed by atoms with Crippen LogP contribution >= 0.6 is 34.4 Å². The lowest BCUT2D eigenvalue weighted by atomic mass is 10.4. The van der Waals surface area contributed by atoms with E-state index in [1.165, 1.54) is 11.3 Å². The summed E-state index contributed by atoms with van der Waals surface area (Å²) in [5, 5.41) is 8.55. The predicted molar refractivity (Wildman–Crippen MR) is 92.7 cm³/mol. The number of carbonyl (C=O) groups is 1. The molecule has 3 rings (SSSR count). The van der Waals surface area contributed by atoms with E-state index in [1.807, 2.05) is 35.7 Å². The molecular weight excluding hydrogens is 334 g/mol. The molecule has 0 saturated heterocycles. The smallest absolute Gasteiger partial charge is 0.270 e. The lowest BCUT2D eigenvalue weighted by Crippen LogP contribution is -2.26. The minimum absolute atomic E-state index is 0.124. The summed E-state index contributed by atoms with van der Waals surface area (Å²) in [7, 11) is 0. The Kier molecular flexibility index (Phi) is 5.20. The SMILES string of the molecule is O=C(NCCSc1ccccn1)c1csc(-c2cccs2)n1. The second-order valence-electron chi connectivity index (χ2n) is 4.29. The van der Waals surface area contributed by atoms with Gasteiger partial charge in [0, 0.05) is 23.9 Å². The minimum Gasteiger partial charge on any atom is -0.350 e. The Morgan fingerprint density at radius 3 is 2.95 bits per heavy atom. The van der Waals surface area contributed by atoms with Gasteiger partial charge < -0.3 is 5.32 Å². The number of amides is 1. The third-order valence-corrected chi connectivity index (χ3v) is 5.57. The Balaban J connectivity index is 1.48. The van der Waals surface area contributed by atoms with Crippen LogP contribution in [0.15, 0.2) is 52.3 Å². The van der Waals surface area contributed by atoms with Gasteiger partial charge in [0.05, 0.1) is 9.90 Å². The number of nitrogens with zero attached hydrogens (tertiary/aromatic N) is 2. The number of hydrogen-bond donors (Lipinski definition) is 1. The lowest BCUT2D eigenvalue weighted by molar-refractivity contribution is 0.0952. The zero-order chi connectivity index (χ0) is 15.2. The zero-order valence-corrected chi connectivity index (χ0v) is 14.0. The first kappa shape index (κ1) is 15.2. The Hall–Kier alpha value is -1.70. The van der Waals surface area contributed by atoms with Crippen LogP contribution in [0.1, 0.15) is 10.5 Å². The van der Waals surface area contributed by atoms with Crippen molar-refractivity contribution in [1.82, 2.24) is 15.3 Å². The molecule has 112 valence electrons. The van der Waals surface area contributed by atoms with Crippen LogP contribution in [-0.4, -0.2) is 28.2 Å². The number of thioether (sulfide) groups is 1. The zero-order valence-electron chi connectivity index (χ0n) is 11.6. The van der Waals surface area contributed by atoms with E-state index in [0.717, 1.165) is 20.7 Å². The van der Waals surface area contributed by atoms with Crippen LogP contribution in [-0.2, 0) is 0 Å². The summed E-state index contributed by atoms with van der Waals surface area (Å²) in [6.07, 6.45) is 1.77. The van der Waals surface area contributed by atoms with Crippen LogP contribution in [0.25, 0.3) is 9.88 Å². The Morgan fingerprint density at radius 1 is 1.23 bits per heavy atom. The van der Waals surface area contributed by atoms with Crippen molar-refractivity contribution in [3.05, 3.63) is 53.0 Å². The quantitative estimate of drug-likeness (QED) is 0.544. The van der Waals surface area contributed by atoms with Crippen LogP contribution < -0.4 is 5.32 Å². The average molecular weight is 347 g/mol. The van der Waals surface area contributed by atoms with Crippen LogP contribution in [0, 0.1) is 0 Å². The van der Waals surface area contributed by atoms with Gasteiger partial charge >= 0.3 is 0 Å². The van der Waals surface area contributed by atoms with E-state index >= 15 is 0 Å². The van der Waals surface area contributed by atoms with Gasteiger partial charge in [0.25, 0.3) is 5.91 Å². The molecule has 0 fully saturated rings. The highest BCUT2D eigenvalue weighted by Gasteiger charge is 2.11. The number of thiazole rings is 1. The Morgan fingerprint density at radius 2 is 2.18 bits per heavy atom. The van der Waals surface area contributed by atoms with Crippen molar-refractivity contribution in [2.45, 2.75) is 5.03 Å². The highest BCUT2D eigenvalue weighted by atomic mass is 32.2. The summed E-state index contributed by atoms with van der Waals surface area (Å²) in [5.74, 6) is 0.658. The first-order valence-electron chi connectivity index (χ1n) is 6.64. The standard InChI is InChI=1S/C15H13N3OS3/c19-14(17-7-9-21-13-5-1-2-6-16-13)11-10-22-15(18-11)12-4-3-8-20-12/h1-6,8,10H,7,9H2,(H,17,19). The van der Waals surface area contributed by atoms with Crippen molar-refractivity contribution in [1.29, 1.82) is 0 Å². The second-order valence-corrected chi connectivity index (χ2v) is 7.21. The van der Waals surface area contributed by atoms with Gasteiger partial charge in [0.1, 0.15) is 10.7 Å². The molecule has 22 heavy (non-hydrogen) atoms. The molecule has 0 saturated carbocycles. The van der Waals surface area contributed by atoms with Crippen LogP contribution in [0.3, 0.4) is 0 Å². The third kappa shape index (κ3) is 3.94. The third-order valence-electron chi connectivity index (χ3n) is 2.74. The molecule has 0 bridgehead atoms. The van der Waals surface area contributed by atoms with E-state index in [2.05, 4.69) is 15.3 Å². The second kappa shape index (κ2) is 7.53. The van der Waals surface area contributed by atoms with E-state index in [-0.39, 0.29) is 5.91 Å². The number of rotatable bonds is 6. The molecule has 0 unspecified atom stereocenters. The fourth-order valence-corrected chi connectivity index (χ4v) is 4.07. The van der Waals surface area contributed by atoms with Gasteiger partial charge in [-0.05, 0) is 23.6 Å². The van der Waals surface area contributed by atoms with E-state index in [1.54, 1.807) is 34.7 Å². The molecule has 0 spiro atoms. The highest BCUT2D eigenvalue weighted by molar-refractivity contribution is 7.99. The van der Waals surface area contributed by atoms with Crippen LogP contribution in [0.5, 0.6) is 0 Å². The van der Waals surface area contributed by atoms with E-state index in [4.69, 9.17) is 0 Å². The number of aromatic nitrogens is 2. The molecule has 3 aromatic heterocycles. The molecule has 0 aliphatic rings. The number of hydrogen-bond acceptors (Lipinski definition) is 6. The number of carbonyl (C=O) groups excluding carboxylic acids is 1. The van der Waals surface area contributed by atoms with E-state index in [0.29, 0.717) is 12.2 Å². The number of thiophene rings is 1. The van der Waals surface area contributed by atoms with Gasteiger partial charge in [-0.15, -0.1) is 34.4 Å². The molecule has 3 aromatic rings. The highest BCUT2D eigenvalue weighted by Crippen LogP contribution is 2.27. The fraction of sp³-hybridized carbons (Fsp3) is 0.133. The summed E-state index contributed by atoms with van der Waals surface area (Å²) < 4.78 is 0. The minimum atomic E-state index is -0.124. The molecule has 0 aliphatic heterocycles. The fourth-order valence-electron chi connectivity index (χ4n) is 1.73. The molecule has 3 heterocycles. The molecule has 0 atom stereocenters. The molecule has 0 aromatic carbocycles. The van der Waals surface area contributed by atoms with E-state index < -0.39 is 0 Å². The van der Waals surface area contributed by atoms with Crippen molar-refractivity contribution in [3.8, 4) is 9.88 Å². The van der Waals surface area contributed by atoms with Gasteiger partial charge in [0.2, 0.25) is 0 Å². The van der Waals surface area contributed by atoms with Gasteiger partial charge in [-0.1, -0.05) is 12.1 Å². The van der Waals surface area contributed by atoms with Gasteiger partial charge in [-0.3, -0.25) is 4.79 Å².